The van der Waals surface area contributed by atoms with Crippen LogP contribution in [0.25, 0.3) is 10.8 Å². The Bertz CT molecular complexity index is 565. The standard InChI is InChI=1S/C11H10N2O2.C6H14/c1-15-11(14)13-10-6-8-4-2-3-5-9(8)7-12-10;1-4-6(3)5-2/h2-7H,1H3,(H,12,13,14);6H,4-5H2,1-3H3. The number of amides is 1. The molecular formula is C17H24N2O2. The van der Waals surface area contributed by atoms with Crippen molar-refractivity contribution in [1.29, 1.82) is 0 Å². The number of rotatable bonds is 3. The molecule has 0 aliphatic carbocycles. The molecule has 0 atom stereocenters. The first-order valence-corrected chi connectivity index (χ1v) is 7.30. The van der Waals surface area contributed by atoms with E-state index in [9.17, 15) is 4.79 Å². The van der Waals surface area contributed by atoms with Crippen LogP contribution in [0.15, 0.2) is 36.5 Å². The van der Waals surface area contributed by atoms with Crippen molar-refractivity contribution in [1.82, 2.24) is 4.98 Å². The molecule has 0 aliphatic heterocycles. The van der Waals surface area contributed by atoms with E-state index in [1.807, 2.05) is 24.3 Å². The summed E-state index contributed by atoms with van der Waals surface area (Å²) in [5, 5.41) is 4.57. The number of hydrogen-bond acceptors (Lipinski definition) is 3. The number of fused-ring (bicyclic) bond motifs is 1. The minimum atomic E-state index is -0.516. The highest BCUT2D eigenvalue weighted by Gasteiger charge is 2.02. The lowest BCUT2D eigenvalue weighted by Crippen LogP contribution is -2.11. The van der Waals surface area contributed by atoms with Gasteiger partial charge in [-0.3, -0.25) is 5.32 Å². The van der Waals surface area contributed by atoms with E-state index in [-0.39, 0.29) is 0 Å². The van der Waals surface area contributed by atoms with Gasteiger partial charge in [-0.05, 0) is 17.4 Å². The third kappa shape index (κ3) is 5.81. The van der Waals surface area contributed by atoms with Crippen LogP contribution in [0, 0.1) is 5.92 Å². The van der Waals surface area contributed by atoms with Crippen LogP contribution < -0.4 is 5.32 Å². The Labute approximate surface area is 126 Å². The molecule has 0 bridgehead atoms. The third-order valence-electron chi connectivity index (χ3n) is 3.44. The van der Waals surface area contributed by atoms with Gasteiger partial charge in [0.2, 0.25) is 0 Å². The van der Waals surface area contributed by atoms with Gasteiger partial charge < -0.3 is 4.74 Å². The summed E-state index contributed by atoms with van der Waals surface area (Å²) in [6.45, 7) is 6.74. The van der Waals surface area contributed by atoms with Crippen molar-refractivity contribution in [3.05, 3.63) is 36.5 Å². The summed E-state index contributed by atoms with van der Waals surface area (Å²) >= 11 is 0. The maximum absolute atomic E-state index is 10.9. The molecule has 2 rings (SSSR count). The molecule has 0 fully saturated rings. The van der Waals surface area contributed by atoms with Crippen LogP contribution in [0.4, 0.5) is 10.6 Å². The summed E-state index contributed by atoms with van der Waals surface area (Å²) in [5.41, 5.74) is 0. The summed E-state index contributed by atoms with van der Waals surface area (Å²) in [6.07, 6.45) is 3.85. The molecule has 2 aromatic rings. The average molecular weight is 288 g/mol. The molecule has 0 aliphatic rings. The van der Waals surface area contributed by atoms with Crippen LogP contribution in [-0.2, 0) is 4.74 Å². The lowest BCUT2D eigenvalue weighted by Gasteiger charge is -2.03. The molecule has 0 spiro atoms. The Morgan fingerprint density at radius 1 is 1.24 bits per heavy atom. The maximum Gasteiger partial charge on any atom is 0.412 e. The number of methoxy groups -OCH3 is 1. The van der Waals surface area contributed by atoms with Crippen LogP contribution in [0.2, 0.25) is 0 Å². The van der Waals surface area contributed by atoms with Gasteiger partial charge >= 0.3 is 6.09 Å². The lowest BCUT2D eigenvalue weighted by molar-refractivity contribution is 0.187. The monoisotopic (exact) mass is 288 g/mol. The highest BCUT2D eigenvalue weighted by atomic mass is 16.5. The molecule has 0 saturated heterocycles. The summed E-state index contributed by atoms with van der Waals surface area (Å²) < 4.78 is 4.48. The van der Waals surface area contributed by atoms with E-state index in [1.54, 1.807) is 12.3 Å². The Hall–Kier alpha value is -2.10. The Kier molecular flexibility index (Phi) is 7.23. The molecule has 0 unspecified atom stereocenters. The first kappa shape index (κ1) is 17.0. The van der Waals surface area contributed by atoms with Crippen molar-refractivity contribution in [2.75, 3.05) is 12.4 Å². The van der Waals surface area contributed by atoms with Gasteiger partial charge in [0.1, 0.15) is 5.82 Å². The zero-order chi connectivity index (χ0) is 15.7. The Balaban J connectivity index is 0.000000315. The SMILES string of the molecule is CCC(C)CC.COC(=O)Nc1cc2ccccc2cn1. The minimum absolute atomic E-state index is 0.487. The van der Waals surface area contributed by atoms with E-state index in [4.69, 9.17) is 0 Å². The van der Waals surface area contributed by atoms with E-state index in [1.165, 1.54) is 20.0 Å². The van der Waals surface area contributed by atoms with E-state index < -0.39 is 6.09 Å². The van der Waals surface area contributed by atoms with Gasteiger partial charge in [-0.15, -0.1) is 0 Å². The fraction of sp³-hybridized carbons (Fsp3) is 0.412. The van der Waals surface area contributed by atoms with E-state index in [2.05, 4.69) is 35.8 Å². The molecule has 4 nitrogen and oxygen atoms in total. The summed E-state index contributed by atoms with van der Waals surface area (Å²) in [4.78, 5) is 15.0. The molecular weight excluding hydrogens is 264 g/mol. The van der Waals surface area contributed by atoms with Crippen LogP contribution in [-0.4, -0.2) is 18.2 Å². The van der Waals surface area contributed by atoms with E-state index in [0.717, 1.165) is 16.7 Å². The number of nitrogens with one attached hydrogen (secondary N) is 1. The predicted molar refractivity (Wildman–Crippen MR) is 87.5 cm³/mol. The third-order valence-corrected chi connectivity index (χ3v) is 3.44. The minimum Gasteiger partial charge on any atom is -0.453 e. The molecule has 1 aromatic heterocycles. The molecule has 1 amide bonds. The fourth-order valence-corrected chi connectivity index (χ4v) is 1.60. The topological polar surface area (TPSA) is 51.2 Å². The summed E-state index contributed by atoms with van der Waals surface area (Å²) in [5.74, 6) is 1.42. The molecule has 0 radical (unpaired) electrons. The van der Waals surface area contributed by atoms with E-state index >= 15 is 0 Å². The van der Waals surface area contributed by atoms with Crippen LogP contribution in [0.5, 0.6) is 0 Å². The van der Waals surface area contributed by atoms with Crippen LogP contribution in [0.1, 0.15) is 33.6 Å². The lowest BCUT2D eigenvalue weighted by atomic mass is 10.1. The van der Waals surface area contributed by atoms with Gasteiger partial charge in [0, 0.05) is 11.6 Å². The molecule has 114 valence electrons. The highest BCUT2D eigenvalue weighted by Crippen LogP contribution is 2.15. The number of pyridine rings is 1. The predicted octanol–water partition coefficient (Wildman–Crippen LogP) is 4.86. The Morgan fingerprint density at radius 3 is 2.38 bits per heavy atom. The molecule has 0 saturated carbocycles. The Morgan fingerprint density at radius 2 is 1.86 bits per heavy atom. The van der Waals surface area contributed by atoms with E-state index in [0.29, 0.717) is 5.82 Å². The second-order valence-electron chi connectivity index (χ2n) is 4.95. The number of ether oxygens (including phenoxy) is 1. The van der Waals surface area contributed by atoms with Crippen molar-refractivity contribution < 1.29 is 9.53 Å². The average Bonchev–Trinajstić information content (AvgIpc) is 2.54. The number of carbonyl (C=O) groups excluding carboxylic acids is 1. The molecule has 21 heavy (non-hydrogen) atoms. The van der Waals surface area contributed by atoms with Crippen molar-refractivity contribution in [2.24, 2.45) is 5.92 Å². The highest BCUT2D eigenvalue weighted by molar-refractivity contribution is 5.88. The smallest absolute Gasteiger partial charge is 0.412 e. The first-order valence-electron chi connectivity index (χ1n) is 7.30. The zero-order valence-corrected chi connectivity index (χ0v) is 13.2. The summed E-state index contributed by atoms with van der Waals surface area (Å²) in [6, 6.07) is 9.59. The second kappa shape index (κ2) is 8.95. The van der Waals surface area contributed by atoms with Gasteiger partial charge in [0.15, 0.2) is 0 Å². The molecule has 4 heteroatoms. The van der Waals surface area contributed by atoms with Crippen molar-refractivity contribution >= 4 is 22.7 Å². The second-order valence-corrected chi connectivity index (χ2v) is 4.95. The number of anilines is 1. The molecule has 1 heterocycles. The largest absolute Gasteiger partial charge is 0.453 e. The van der Waals surface area contributed by atoms with Crippen LogP contribution >= 0.6 is 0 Å². The normalized spacial score (nSPS) is 9.95. The maximum atomic E-state index is 10.9. The van der Waals surface area contributed by atoms with Crippen molar-refractivity contribution in [2.45, 2.75) is 33.6 Å². The quantitative estimate of drug-likeness (QED) is 0.877. The van der Waals surface area contributed by atoms with Crippen molar-refractivity contribution in [3.8, 4) is 0 Å². The number of nitrogens with zero attached hydrogens (tertiary/aromatic N) is 1. The van der Waals surface area contributed by atoms with Gasteiger partial charge in [0.25, 0.3) is 0 Å². The van der Waals surface area contributed by atoms with Gasteiger partial charge in [-0.1, -0.05) is 57.9 Å². The summed E-state index contributed by atoms with van der Waals surface area (Å²) in [7, 11) is 1.32. The fourth-order valence-electron chi connectivity index (χ4n) is 1.60. The van der Waals surface area contributed by atoms with Gasteiger partial charge in [-0.25, -0.2) is 9.78 Å². The molecule has 1 aromatic carbocycles. The van der Waals surface area contributed by atoms with Gasteiger partial charge in [0.05, 0.1) is 7.11 Å². The zero-order valence-electron chi connectivity index (χ0n) is 13.2. The number of aromatic nitrogens is 1. The number of carbonyl (C=O) groups is 1. The number of hydrogen-bond donors (Lipinski definition) is 1. The van der Waals surface area contributed by atoms with Crippen LogP contribution in [0.3, 0.4) is 0 Å². The molecule has 1 N–H and O–H groups in total. The first-order chi connectivity index (χ1) is 10.1. The number of benzene rings is 1. The van der Waals surface area contributed by atoms with Gasteiger partial charge in [-0.2, -0.15) is 0 Å². The van der Waals surface area contributed by atoms with Crippen molar-refractivity contribution in [3.63, 3.8) is 0 Å².